The first-order valence-corrected chi connectivity index (χ1v) is 6.83. The van der Waals surface area contributed by atoms with Crippen LogP contribution < -0.4 is 16.4 Å². The normalized spacial score (nSPS) is 26.8. The van der Waals surface area contributed by atoms with Crippen LogP contribution in [0.15, 0.2) is 0 Å². The quantitative estimate of drug-likeness (QED) is 0.575. The minimum atomic E-state index is -0.189. The number of hydrogen-bond donors (Lipinski definition) is 3. The van der Waals surface area contributed by atoms with Crippen molar-refractivity contribution in [1.29, 1.82) is 0 Å². The van der Waals surface area contributed by atoms with Gasteiger partial charge < -0.3 is 21.1 Å². The number of amides is 2. The van der Waals surface area contributed by atoms with Crippen molar-refractivity contribution in [2.24, 2.45) is 17.6 Å². The van der Waals surface area contributed by atoms with E-state index in [1.807, 2.05) is 6.92 Å². The summed E-state index contributed by atoms with van der Waals surface area (Å²) in [6.45, 7) is 3.00. The molecule has 0 heterocycles. The van der Waals surface area contributed by atoms with Crippen LogP contribution in [0.2, 0.25) is 0 Å². The van der Waals surface area contributed by atoms with Gasteiger partial charge in [-0.15, -0.1) is 0 Å². The highest BCUT2D eigenvalue weighted by Crippen LogP contribution is 2.28. The van der Waals surface area contributed by atoms with Gasteiger partial charge in [0.05, 0.1) is 13.2 Å². The molecule has 0 saturated heterocycles. The van der Waals surface area contributed by atoms with Crippen molar-refractivity contribution in [2.75, 3.05) is 26.8 Å². The van der Waals surface area contributed by atoms with Crippen LogP contribution in [0, 0.1) is 11.8 Å². The van der Waals surface area contributed by atoms with Gasteiger partial charge in [0.15, 0.2) is 0 Å². The molecule has 4 N–H and O–H groups in total. The zero-order valence-corrected chi connectivity index (χ0v) is 11.8. The molecule has 3 unspecified atom stereocenters. The van der Waals surface area contributed by atoms with Crippen LogP contribution in [0.1, 0.15) is 26.2 Å². The summed E-state index contributed by atoms with van der Waals surface area (Å²) < 4.78 is 4.82. The van der Waals surface area contributed by atoms with Gasteiger partial charge >= 0.3 is 0 Å². The molecule has 0 aromatic carbocycles. The Labute approximate surface area is 114 Å². The number of nitrogens with one attached hydrogen (secondary N) is 2. The highest BCUT2D eigenvalue weighted by Gasteiger charge is 2.30. The van der Waals surface area contributed by atoms with E-state index in [1.165, 1.54) is 0 Å². The SMILES string of the molecule is COCCNC(=O)CNC(=O)C1CCC(N)CC1C. The van der Waals surface area contributed by atoms with Crippen molar-refractivity contribution in [3.05, 3.63) is 0 Å². The lowest BCUT2D eigenvalue weighted by molar-refractivity contribution is -0.130. The molecule has 1 aliphatic rings. The molecule has 6 heteroatoms. The Balaban J connectivity index is 2.25. The van der Waals surface area contributed by atoms with Crippen LogP contribution in [0.3, 0.4) is 0 Å². The molecule has 0 aromatic heterocycles. The third kappa shape index (κ3) is 5.57. The van der Waals surface area contributed by atoms with E-state index < -0.39 is 0 Å². The van der Waals surface area contributed by atoms with Gasteiger partial charge in [0, 0.05) is 25.6 Å². The second kappa shape index (κ2) is 8.12. The summed E-state index contributed by atoms with van der Waals surface area (Å²) in [6, 6.07) is 0.205. The molecule has 6 nitrogen and oxygen atoms in total. The lowest BCUT2D eigenvalue weighted by Gasteiger charge is -2.31. The summed E-state index contributed by atoms with van der Waals surface area (Å²) in [5, 5.41) is 5.35. The van der Waals surface area contributed by atoms with E-state index in [2.05, 4.69) is 10.6 Å². The molecule has 3 atom stereocenters. The second-order valence-corrected chi connectivity index (χ2v) is 5.22. The fourth-order valence-electron chi connectivity index (χ4n) is 2.48. The summed E-state index contributed by atoms with van der Waals surface area (Å²) in [5.74, 6) is 0.0266. The first-order chi connectivity index (χ1) is 9.04. The summed E-state index contributed by atoms with van der Waals surface area (Å²) in [6.07, 6.45) is 2.56. The minimum absolute atomic E-state index is 0.0217. The van der Waals surface area contributed by atoms with Gasteiger partial charge in [-0.2, -0.15) is 0 Å². The van der Waals surface area contributed by atoms with E-state index >= 15 is 0 Å². The largest absolute Gasteiger partial charge is 0.383 e. The molecule has 0 radical (unpaired) electrons. The molecule has 1 rings (SSSR count). The fraction of sp³-hybridized carbons (Fsp3) is 0.846. The Bertz CT molecular complexity index is 310. The number of hydrogen-bond acceptors (Lipinski definition) is 4. The number of rotatable bonds is 6. The van der Waals surface area contributed by atoms with E-state index in [4.69, 9.17) is 10.5 Å². The van der Waals surface area contributed by atoms with E-state index in [1.54, 1.807) is 7.11 Å². The predicted octanol–water partition coefficient (Wildman–Crippen LogP) is -0.371. The van der Waals surface area contributed by atoms with Gasteiger partial charge in [0.1, 0.15) is 0 Å². The Morgan fingerprint density at radius 3 is 2.68 bits per heavy atom. The molecule has 2 amide bonds. The summed E-state index contributed by atoms with van der Waals surface area (Å²) in [5.41, 5.74) is 5.87. The summed E-state index contributed by atoms with van der Waals surface area (Å²) in [7, 11) is 1.57. The lowest BCUT2D eigenvalue weighted by Crippen LogP contribution is -2.44. The van der Waals surface area contributed by atoms with Gasteiger partial charge in [-0.1, -0.05) is 6.92 Å². The van der Waals surface area contributed by atoms with Gasteiger partial charge in [-0.05, 0) is 25.2 Å². The third-order valence-electron chi connectivity index (χ3n) is 3.60. The summed E-state index contributed by atoms with van der Waals surface area (Å²) in [4.78, 5) is 23.4. The number of methoxy groups -OCH3 is 1. The van der Waals surface area contributed by atoms with E-state index in [0.29, 0.717) is 13.2 Å². The van der Waals surface area contributed by atoms with Crippen LogP contribution in [0.4, 0.5) is 0 Å². The minimum Gasteiger partial charge on any atom is -0.383 e. The molecule has 1 fully saturated rings. The number of nitrogens with two attached hydrogens (primary N) is 1. The van der Waals surface area contributed by atoms with E-state index in [0.717, 1.165) is 19.3 Å². The Hall–Kier alpha value is -1.14. The predicted molar refractivity (Wildman–Crippen MR) is 72.4 cm³/mol. The zero-order valence-electron chi connectivity index (χ0n) is 11.8. The van der Waals surface area contributed by atoms with E-state index in [9.17, 15) is 9.59 Å². The zero-order chi connectivity index (χ0) is 14.3. The molecular formula is C13H25N3O3. The van der Waals surface area contributed by atoms with Crippen molar-refractivity contribution in [2.45, 2.75) is 32.2 Å². The van der Waals surface area contributed by atoms with E-state index in [-0.39, 0.29) is 36.2 Å². The summed E-state index contributed by atoms with van der Waals surface area (Å²) >= 11 is 0. The Kier molecular flexibility index (Phi) is 6.80. The average Bonchev–Trinajstić information content (AvgIpc) is 2.36. The Morgan fingerprint density at radius 2 is 2.05 bits per heavy atom. The molecule has 0 spiro atoms. The van der Waals surface area contributed by atoms with Crippen LogP contribution in [0.5, 0.6) is 0 Å². The molecule has 1 aliphatic carbocycles. The third-order valence-corrected chi connectivity index (χ3v) is 3.60. The standard InChI is InChI=1S/C13H25N3O3/c1-9-7-10(14)3-4-11(9)13(18)16-8-12(17)15-5-6-19-2/h9-11H,3-8,14H2,1-2H3,(H,15,17)(H,16,18). The molecule has 1 saturated carbocycles. The van der Waals surface area contributed by atoms with Crippen LogP contribution in [-0.2, 0) is 14.3 Å². The maximum Gasteiger partial charge on any atom is 0.239 e. The van der Waals surface area contributed by atoms with Gasteiger partial charge in [-0.25, -0.2) is 0 Å². The van der Waals surface area contributed by atoms with Crippen LogP contribution in [0.25, 0.3) is 0 Å². The molecular weight excluding hydrogens is 246 g/mol. The molecule has 0 bridgehead atoms. The van der Waals surface area contributed by atoms with Crippen molar-refractivity contribution >= 4 is 11.8 Å². The number of ether oxygens (including phenoxy) is 1. The molecule has 19 heavy (non-hydrogen) atoms. The van der Waals surface area contributed by atoms with Crippen molar-refractivity contribution in [3.8, 4) is 0 Å². The van der Waals surface area contributed by atoms with Crippen LogP contribution >= 0.6 is 0 Å². The van der Waals surface area contributed by atoms with Crippen LogP contribution in [-0.4, -0.2) is 44.7 Å². The molecule has 0 aromatic rings. The van der Waals surface area contributed by atoms with Gasteiger partial charge in [0.2, 0.25) is 11.8 Å². The fourth-order valence-corrected chi connectivity index (χ4v) is 2.48. The number of carbonyl (C=O) groups excluding carboxylic acids is 2. The molecule has 0 aliphatic heterocycles. The van der Waals surface area contributed by atoms with Crippen molar-refractivity contribution < 1.29 is 14.3 Å². The highest BCUT2D eigenvalue weighted by molar-refractivity contribution is 5.85. The topological polar surface area (TPSA) is 93.5 Å². The maximum absolute atomic E-state index is 12.0. The highest BCUT2D eigenvalue weighted by atomic mass is 16.5. The van der Waals surface area contributed by atoms with Crippen molar-refractivity contribution in [3.63, 3.8) is 0 Å². The second-order valence-electron chi connectivity index (χ2n) is 5.22. The maximum atomic E-state index is 12.0. The monoisotopic (exact) mass is 271 g/mol. The first-order valence-electron chi connectivity index (χ1n) is 6.83. The van der Waals surface area contributed by atoms with Gasteiger partial charge in [0.25, 0.3) is 0 Å². The first kappa shape index (κ1) is 15.9. The van der Waals surface area contributed by atoms with Gasteiger partial charge in [-0.3, -0.25) is 9.59 Å². The lowest BCUT2D eigenvalue weighted by atomic mass is 9.78. The van der Waals surface area contributed by atoms with Crippen molar-refractivity contribution in [1.82, 2.24) is 10.6 Å². The Morgan fingerprint density at radius 1 is 1.32 bits per heavy atom. The number of carbonyl (C=O) groups is 2. The smallest absolute Gasteiger partial charge is 0.239 e. The molecule has 110 valence electrons. The average molecular weight is 271 g/mol.